The van der Waals surface area contributed by atoms with Crippen molar-refractivity contribution in [3.8, 4) is 11.4 Å². The second kappa shape index (κ2) is 6.25. The third kappa shape index (κ3) is 3.18. The van der Waals surface area contributed by atoms with E-state index in [1.165, 1.54) is 6.07 Å². The van der Waals surface area contributed by atoms with Gasteiger partial charge in [-0.15, -0.1) is 0 Å². The third-order valence-electron chi connectivity index (χ3n) is 2.84. The van der Waals surface area contributed by atoms with E-state index in [4.69, 9.17) is 4.52 Å². The molecule has 0 aliphatic carbocycles. The molecule has 2 aromatic rings. The monoisotopic (exact) mass is 277 g/mol. The summed E-state index contributed by atoms with van der Waals surface area (Å²) >= 11 is 0. The van der Waals surface area contributed by atoms with Crippen LogP contribution in [-0.4, -0.2) is 26.3 Å². The lowest BCUT2D eigenvalue weighted by atomic mass is 10.1. The van der Waals surface area contributed by atoms with Gasteiger partial charge in [0.2, 0.25) is 11.7 Å². The summed E-state index contributed by atoms with van der Waals surface area (Å²) < 4.78 is 5.03. The summed E-state index contributed by atoms with van der Waals surface area (Å²) in [6.45, 7) is 1.97. The van der Waals surface area contributed by atoms with Crippen LogP contribution in [0.4, 0.5) is 5.69 Å². The Kier molecular flexibility index (Phi) is 4.41. The fraction of sp³-hybridized carbons (Fsp3) is 0.385. The van der Waals surface area contributed by atoms with Crippen LogP contribution < -0.4 is 0 Å². The van der Waals surface area contributed by atoms with Crippen LogP contribution in [0.25, 0.3) is 11.4 Å². The quantitative estimate of drug-likeness (QED) is 0.642. The molecule has 1 heterocycles. The van der Waals surface area contributed by atoms with Crippen molar-refractivity contribution < 1.29 is 14.6 Å². The molecule has 0 saturated heterocycles. The summed E-state index contributed by atoms with van der Waals surface area (Å²) in [7, 11) is 0. The zero-order chi connectivity index (χ0) is 14.5. The molecule has 0 bridgehead atoms. The number of nitro benzene ring substituents is 1. The molecule has 1 aromatic heterocycles. The van der Waals surface area contributed by atoms with Crippen molar-refractivity contribution >= 4 is 5.69 Å². The molecule has 20 heavy (non-hydrogen) atoms. The highest BCUT2D eigenvalue weighted by Crippen LogP contribution is 2.27. The Balaban J connectivity index is 2.23. The Morgan fingerprint density at radius 2 is 2.20 bits per heavy atom. The summed E-state index contributed by atoms with van der Waals surface area (Å²) in [5.74, 6) is 0.440. The minimum atomic E-state index is -0.543. The van der Waals surface area contributed by atoms with Crippen LogP contribution in [0.1, 0.15) is 25.7 Å². The highest BCUT2D eigenvalue weighted by Gasteiger charge is 2.20. The number of hydrogen-bond acceptors (Lipinski definition) is 6. The number of hydrogen-bond donors (Lipinski definition) is 1. The van der Waals surface area contributed by atoms with Gasteiger partial charge in [0.15, 0.2) is 0 Å². The average molecular weight is 277 g/mol. The maximum Gasteiger partial charge on any atom is 0.280 e. The second-order valence-electron chi connectivity index (χ2n) is 4.43. The van der Waals surface area contributed by atoms with Gasteiger partial charge in [-0.05, 0) is 12.5 Å². The van der Waals surface area contributed by atoms with Gasteiger partial charge in [0, 0.05) is 6.07 Å². The molecular weight excluding hydrogens is 262 g/mol. The standard InChI is InChI=1S/C13H15N3O4/c1-2-5-9(17)8-12-14-13(15-20-12)10-6-3-4-7-11(10)16(18)19/h3-4,6-7,9,17H,2,5,8H2,1H3. The van der Waals surface area contributed by atoms with Gasteiger partial charge in [-0.25, -0.2) is 0 Å². The number of nitrogens with zero attached hydrogens (tertiary/aromatic N) is 3. The van der Waals surface area contributed by atoms with Crippen molar-refractivity contribution in [2.45, 2.75) is 32.3 Å². The van der Waals surface area contributed by atoms with Crippen LogP contribution in [0.3, 0.4) is 0 Å². The van der Waals surface area contributed by atoms with Crippen LogP contribution in [-0.2, 0) is 6.42 Å². The lowest BCUT2D eigenvalue weighted by Gasteiger charge is -2.03. The molecule has 7 heteroatoms. The van der Waals surface area contributed by atoms with Gasteiger partial charge in [0.05, 0.1) is 17.4 Å². The molecule has 106 valence electrons. The largest absolute Gasteiger partial charge is 0.393 e. The maximum atomic E-state index is 10.9. The van der Waals surface area contributed by atoms with Crippen molar-refractivity contribution in [3.05, 3.63) is 40.3 Å². The number of rotatable bonds is 6. The Bertz CT molecular complexity index is 597. The highest BCUT2D eigenvalue weighted by atomic mass is 16.6. The van der Waals surface area contributed by atoms with E-state index in [2.05, 4.69) is 10.1 Å². The first-order valence-corrected chi connectivity index (χ1v) is 6.36. The van der Waals surface area contributed by atoms with E-state index in [1.807, 2.05) is 6.92 Å². The van der Waals surface area contributed by atoms with E-state index in [0.717, 1.165) is 6.42 Å². The lowest BCUT2D eigenvalue weighted by Crippen LogP contribution is -2.09. The first-order valence-electron chi connectivity index (χ1n) is 6.36. The normalized spacial score (nSPS) is 12.3. The molecule has 1 aromatic carbocycles. The van der Waals surface area contributed by atoms with Crippen LogP contribution >= 0.6 is 0 Å². The second-order valence-corrected chi connectivity index (χ2v) is 4.43. The Labute approximate surface area is 115 Å². The number of nitro groups is 1. The molecule has 1 N–H and O–H groups in total. The molecule has 0 spiro atoms. The Morgan fingerprint density at radius 1 is 1.45 bits per heavy atom. The Morgan fingerprint density at radius 3 is 2.90 bits per heavy atom. The van der Waals surface area contributed by atoms with Gasteiger partial charge in [-0.3, -0.25) is 10.1 Å². The molecule has 0 aliphatic heterocycles. The number of aromatic nitrogens is 2. The molecule has 0 saturated carbocycles. The summed E-state index contributed by atoms with van der Waals surface area (Å²) in [6.07, 6.45) is 1.20. The first kappa shape index (κ1) is 14.1. The zero-order valence-electron chi connectivity index (χ0n) is 11.0. The van der Waals surface area contributed by atoms with Gasteiger partial charge < -0.3 is 9.63 Å². The van der Waals surface area contributed by atoms with Gasteiger partial charge in [-0.1, -0.05) is 30.6 Å². The number of benzene rings is 1. The molecule has 1 atom stereocenters. The van der Waals surface area contributed by atoms with Gasteiger partial charge >= 0.3 is 0 Å². The number of para-hydroxylation sites is 1. The lowest BCUT2D eigenvalue weighted by molar-refractivity contribution is -0.384. The van der Waals surface area contributed by atoms with Gasteiger partial charge in [-0.2, -0.15) is 4.98 Å². The van der Waals surface area contributed by atoms with Gasteiger partial charge in [0.1, 0.15) is 5.56 Å². The number of aliphatic hydroxyl groups is 1. The fourth-order valence-electron chi connectivity index (χ4n) is 1.91. The van der Waals surface area contributed by atoms with E-state index in [1.54, 1.807) is 18.2 Å². The van der Waals surface area contributed by atoms with Crippen molar-refractivity contribution in [2.75, 3.05) is 0 Å². The smallest absolute Gasteiger partial charge is 0.280 e. The third-order valence-corrected chi connectivity index (χ3v) is 2.84. The summed E-state index contributed by atoms with van der Waals surface area (Å²) in [4.78, 5) is 14.6. The van der Waals surface area contributed by atoms with Gasteiger partial charge in [0.25, 0.3) is 5.69 Å². The molecular formula is C13H15N3O4. The molecule has 1 unspecified atom stereocenters. The van der Waals surface area contributed by atoms with Crippen LogP contribution in [0.2, 0.25) is 0 Å². The number of aliphatic hydroxyl groups excluding tert-OH is 1. The molecule has 0 fully saturated rings. The highest BCUT2D eigenvalue weighted by molar-refractivity contribution is 5.67. The van der Waals surface area contributed by atoms with Crippen molar-refractivity contribution in [1.82, 2.24) is 10.1 Å². The molecule has 0 aliphatic rings. The predicted molar refractivity (Wildman–Crippen MR) is 71.0 cm³/mol. The SMILES string of the molecule is CCCC(O)Cc1nc(-c2ccccc2[N+](=O)[O-])no1. The average Bonchev–Trinajstić information content (AvgIpc) is 2.87. The van der Waals surface area contributed by atoms with E-state index < -0.39 is 11.0 Å². The van der Waals surface area contributed by atoms with Crippen molar-refractivity contribution in [3.63, 3.8) is 0 Å². The van der Waals surface area contributed by atoms with E-state index >= 15 is 0 Å². The van der Waals surface area contributed by atoms with E-state index in [9.17, 15) is 15.2 Å². The predicted octanol–water partition coefficient (Wildman–Crippen LogP) is 2.35. The van der Waals surface area contributed by atoms with E-state index in [-0.39, 0.29) is 23.8 Å². The van der Waals surface area contributed by atoms with Crippen molar-refractivity contribution in [1.29, 1.82) is 0 Å². The van der Waals surface area contributed by atoms with Crippen LogP contribution in [0, 0.1) is 10.1 Å². The minimum Gasteiger partial charge on any atom is -0.393 e. The molecule has 7 nitrogen and oxygen atoms in total. The topological polar surface area (TPSA) is 102 Å². The summed E-state index contributed by atoms with van der Waals surface area (Å²) in [6, 6.07) is 6.20. The maximum absolute atomic E-state index is 10.9. The molecule has 0 radical (unpaired) electrons. The zero-order valence-corrected chi connectivity index (χ0v) is 11.0. The van der Waals surface area contributed by atoms with E-state index in [0.29, 0.717) is 12.0 Å². The molecule has 2 rings (SSSR count). The fourth-order valence-corrected chi connectivity index (χ4v) is 1.91. The minimum absolute atomic E-state index is 0.0750. The Hall–Kier alpha value is -2.28. The van der Waals surface area contributed by atoms with Crippen molar-refractivity contribution in [2.24, 2.45) is 0 Å². The first-order chi connectivity index (χ1) is 9.61. The molecule has 0 amide bonds. The van der Waals surface area contributed by atoms with Crippen LogP contribution in [0.15, 0.2) is 28.8 Å². The summed E-state index contributed by atoms with van der Waals surface area (Å²) in [5.41, 5.74) is 0.228. The summed E-state index contributed by atoms with van der Waals surface area (Å²) in [5, 5.41) is 24.4. The van der Waals surface area contributed by atoms with Crippen LogP contribution in [0.5, 0.6) is 0 Å².